The Morgan fingerprint density at radius 1 is 1.12 bits per heavy atom. The third-order valence-electron chi connectivity index (χ3n) is 3.63. The summed E-state index contributed by atoms with van der Waals surface area (Å²) in [5.41, 5.74) is 1.71. The molecule has 132 valence electrons. The van der Waals surface area contributed by atoms with Gasteiger partial charge in [-0.25, -0.2) is 0 Å². The number of amides is 2. The standard InChI is InChI=1S/C18H26N2O4/c1-3-12-20(17(22)10-6-7-11-18(23)24)13-16(21)19-15-9-5-4-8-14(15)2/h4-5,8-9H,3,6-7,10-13H2,1-2H3,(H,19,21)(H,23,24). The van der Waals surface area contributed by atoms with Gasteiger partial charge in [0.05, 0.1) is 6.54 Å². The molecule has 0 unspecified atom stereocenters. The van der Waals surface area contributed by atoms with Gasteiger partial charge in [0.1, 0.15) is 0 Å². The topological polar surface area (TPSA) is 86.7 Å². The monoisotopic (exact) mass is 334 g/mol. The second-order valence-electron chi connectivity index (χ2n) is 5.78. The lowest BCUT2D eigenvalue weighted by Crippen LogP contribution is -2.38. The van der Waals surface area contributed by atoms with Gasteiger partial charge in [0.2, 0.25) is 11.8 Å². The number of carbonyl (C=O) groups is 3. The number of rotatable bonds is 10. The molecule has 6 nitrogen and oxygen atoms in total. The third kappa shape index (κ3) is 7.26. The molecule has 1 aromatic carbocycles. The maximum Gasteiger partial charge on any atom is 0.303 e. The van der Waals surface area contributed by atoms with Crippen LogP contribution in [0.5, 0.6) is 0 Å². The van der Waals surface area contributed by atoms with Crippen LogP contribution >= 0.6 is 0 Å². The van der Waals surface area contributed by atoms with Crippen molar-refractivity contribution in [1.82, 2.24) is 4.90 Å². The first kappa shape index (κ1) is 19.7. The van der Waals surface area contributed by atoms with Gasteiger partial charge in [-0.15, -0.1) is 0 Å². The lowest BCUT2D eigenvalue weighted by atomic mass is 10.1. The Morgan fingerprint density at radius 2 is 1.79 bits per heavy atom. The number of aryl methyl sites for hydroxylation is 1. The van der Waals surface area contributed by atoms with E-state index in [2.05, 4.69) is 5.32 Å². The van der Waals surface area contributed by atoms with Gasteiger partial charge in [0.25, 0.3) is 0 Å². The van der Waals surface area contributed by atoms with E-state index in [0.717, 1.165) is 17.7 Å². The first-order chi connectivity index (χ1) is 11.4. The fourth-order valence-corrected chi connectivity index (χ4v) is 2.35. The van der Waals surface area contributed by atoms with Crippen LogP contribution in [0.1, 0.15) is 44.6 Å². The second-order valence-corrected chi connectivity index (χ2v) is 5.78. The maximum atomic E-state index is 12.2. The third-order valence-corrected chi connectivity index (χ3v) is 3.63. The number of hydrogen-bond donors (Lipinski definition) is 2. The van der Waals surface area contributed by atoms with Crippen molar-refractivity contribution in [2.24, 2.45) is 0 Å². The highest BCUT2D eigenvalue weighted by Crippen LogP contribution is 2.13. The summed E-state index contributed by atoms with van der Waals surface area (Å²) in [6, 6.07) is 7.48. The SMILES string of the molecule is CCCN(CC(=O)Nc1ccccc1C)C(=O)CCCCC(=O)O. The lowest BCUT2D eigenvalue weighted by molar-refractivity contribution is -0.137. The Hall–Kier alpha value is -2.37. The van der Waals surface area contributed by atoms with E-state index in [9.17, 15) is 14.4 Å². The van der Waals surface area contributed by atoms with E-state index >= 15 is 0 Å². The summed E-state index contributed by atoms with van der Waals surface area (Å²) in [4.78, 5) is 36.4. The number of unbranched alkanes of at least 4 members (excludes halogenated alkanes) is 1. The highest BCUT2D eigenvalue weighted by atomic mass is 16.4. The number of para-hydroxylation sites is 1. The highest BCUT2D eigenvalue weighted by Gasteiger charge is 2.16. The Kier molecular flexibility index (Phi) is 8.54. The van der Waals surface area contributed by atoms with E-state index in [1.54, 1.807) is 0 Å². The van der Waals surface area contributed by atoms with Gasteiger partial charge in [-0.05, 0) is 37.8 Å². The van der Waals surface area contributed by atoms with Crippen LogP contribution in [0, 0.1) is 6.92 Å². The summed E-state index contributed by atoms with van der Waals surface area (Å²) in [7, 11) is 0. The molecule has 0 atom stereocenters. The van der Waals surface area contributed by atoms with E-state index in [0.29, 0.717) is 19.4 Å². The smallest absolute Gasteiger partial charge is 0.303 e. The second kappa shape index (κ2) is 10.4. The minimum atomic E-state index is -0.856. The molecule has 0 aliphatic rings. The lowest BCUT2D eigenvalue weighted by Gasteiger charge is -2.22. The molecule has 1 rings (SSSR count). The average Bonchev–Trinajstić information content (AvgIpc) is 2.53. The number of anilines is 1. The Balaban J connectivity index is 2.51. The van der Waals surface area contributed by atoms with Crippen molar-refractivity contribution < 1.29 is 19.5 Å². The minimum absolute atomic E-state index is 0.0138. The number of nitrogens with one attached hydrogen (secondary N) is 1. The summed E-state index contributed by atoms with van der Waals surface area (Å²) in [6.45, 7) is 4.38. The molecule has 0 saturated carbocycles. The summed E-state index contributed by atoms with van der Waals surface area (Å²) >= 11 is 0. The molecule has 0 bridgehead atoms. The maximum absolute atomic E-state index is 12.2. The van der Waals surface area contributed by atoms with Gasteiger partial charge in [-0.2, -0.15) is 0 Å². The van der Waals surface area contributed by atoms with Crippen molar-refractivity contribution >= 4 is 23.5 Å². The number of hydrogen-bond acceptors (Lipinski definition) is 3. The van der Waals surface area contributed by atoms with Gasteiger partial charge in [-0.3, -0.25) is 14.4 Å². The zero-order chi connectivity index (χ0) is 17.9. The molecule has 2 N–H and O–H groups in total. The largest absolute Gasteiger partial charge is 0.481 e. The molecule has 0 radical (unpaired) electrons. The summed E-state index contributed by atoms with van der Waals surface area (Å²) < 4.78 is 0. The van der Waals surface area contributed by atoms with Crippen LogP contribution in [0.2, 0.25) is 0 Å². The van der Waals surface area contributed by atoms with Crippen LogP contribution in [-0.2, 0) is 14.4 Å². The van der Waals surface area contributed by atoms with E-state index in [1.165, 1.54) is 4.90 Å². The van der Waals surface area contributed by atoms with E-state index in [1.807, 2.05) is 38.1 Å². The molecule has 1 aromatic rings. The minimum Gasteiger partial charge on any atom is -0.481 e. The molecule has 0 saturated heterocycles. The van der Waals surface area contributed by atoms with Gasteiger partial charge < -0.3 is 15.3 Å². The van der Waals surface area contributed by atoms with E-state index in [-0.39, 0.29) is 31.2 Å². The predicted octanol–water partition coefficient (Wildman–Crippen LogP) is 2.82. The molecule has 6 heteroatoms. The number of carboxylic acid groups (broad SMARTS) is 1. The van der Waals surface area contributed by atoms with Crippen LogP contribution in [-0.4, -0.2) is 40.9 Å². The Bertz CT molecular complexity index is 572. The molecular formula is C18H26N2O4. The fourth-order valence-electron chi connectivity index (χ4n) is 2.35. The molecule has 0 fully saturated rings. The number of nitrogens with zero attached hydrogens (tertiary/aromatic N) is 1. The number of aliphatic carboxylic acids is 1. The zero-order valence-corrected chi connectivity index (χ0v) is 14.4. The zero-order valence-electron chi connectivity index (χ0n) is 14.4. The van der Waals surface area contributed by atoms with E-state index in [4.69, 9.17) is 5.11 Å². The van der Waals surface area contributed by atoms with Crippen LogP contribution < -0.4 is 5.32 Å². The van der Waals surface area contributed by atoms with Gasteiger partial charge in [0.15, 0.2) is 0 Å². The van der Waals surface area contributed by atoms with Gasteiger partial charge in [-0.1, -0.05) is 25.1 Å². The van der Waals surface area contributed by atoms with Crippen molar-refractivity contribution in [2.45, 2.75) is 46.0 Å². The molecule has 0 aromatic heterocycles. The van der Waals surface area contributed by atoms with Crippen molar-refractivity contribution in [3.8, 4) is 0 Å². The van der Waals surface area contributed by atoms with Crippen LogP contribution in [0.4, 0.5) is 5.69 Å². The first-order valence-electron chi connectivity index (χ1n) is 8.29. The number of carbonyl (C=O) groups excluding carboxylic acids is 2. The number of carboxylic acids is 1. The molecule has 0 aliphatic heterocycles. The molecule has 24 heavy (non-hydrogen) atoms. The molecule has 0 heterocycles. The normalized spacial score (nSPS) is 10.2. The van der Waals surface area contributed by atoms with Crippen molar-refractivity contribution in [3.63, 3.8) is 0 Å². The first-order valence-corrected chi connectivity index (χ1v) is 8.29. The quantitative estimate of drug-likeness (QED) is 0.644. The molecular weight excluding hydrogens is 308 g/mol. The van der Waals surface area contributed by atoms with Crippen LogP contribution in [0.3, 0.4) is 0 Å². The summed E-state index contributed by atoms with van der Waals surface area (Å²) in [5.74, 6) is -1.19. The molecule has 0 aliphatic carbocycles. The molecule has 0 spiro atoms. The molecule has 2 amide bonds. The van der Waals surface area contributed by atoms with E-state index < -0.39 is 5.97 Å². The average molecular weight is 334 g/mol. The fraction of sp³-hybridized carbons (Fsp3) is 0.500. The predicted molar refractivity (Wildman–Crippen MR) is 92.8 cm³/mol. The summed E-state index contributed by atoms with van der Waals surface area (Å²) in [5, 5.41) is 11.4. The van der Waals surface area contributed by atoms with Crippen molar-refractivity contribution in [2.75, 3.05) is 18.4 Å². The van der Waals surface area contributed by atoms with Crippen LogP contribution in [0.15, 0.2) is 24.3 Å². The van der Waals surface area contributed by atoms with Gasteiger partial charge in [0, 0.05) is 25.1 Å². The Morgan fingerprint density at radius 3 is 2.42 bits per heavy atom. The summed E-state index contributed by atoms with van der Waals surface area (Å²) in [6.07, 6.45) is 2.08. The van der Waals surface area contributed by atoms with Gasteiger partial charge >= 0.3 is 5.97 Å². The van der Waals surface area contributed by atoms with Crippen molar-refractivity contribution in [3.05, 3.63) is 29.8 Å². The Labute approximate surface area is 142 Å². The highest BCUT2D eigenvalue weighted by molar-refractivity contribution is 5.95. The van der Waals surface area contributed by atoms with Crippen LogP contribution in [0.25, 0.3) is 0 Å². The number of benzene rings is 1. The van der Waals surface area contributed by atoms with Crippen molar-refractivity contribution in [1.29, 1.82) is 0 Å².